The van der Waals surface area contributed by atoms with E-state index in [1.165, 1.54) is 24.3 Å². The van der Waals surface area contributed by atoms with Crippen LogP contribution in [0.2, 0.25) is 0 Å². The molecule has 1 aromatic rings. The minimum Gasteiger partial charge on any atom is -0.318 e. The quantitative estimate of drug-likeness (QED) is 0.481. The van der Waals surface area contributed by atoms with E-state index in [9.17, 15) is 14.0 Å². The number of amides is 2. The first-order valence-electron chi connectivity index (χ1n) is 6.99. The number of nitrogens with one attached hydrogen (secondary N) is 2. The summed E-state index contributed by atoms with van der Waals surface area (Å²) in [5, 5.41) is 6.35. The van der Waals surface area contributed by atoms with Gasteiger partial charge in [-0.15, -0.1) is 0 Å². The molecule has 0 unspecified atom stereocenters. The molecule has 0 fully saturated rings. The van der Waals surface area contributed by atoms with Crippen molar-refractivity contribution in [2.45, 2.75) is 39.5 Å². The van der Waals surface area contributed by atoms with Crippen LogP contribution < -0.4 is 10.7 Å². The van der Waals surface area contributed by atoms with Crippen LogP contribution in [0.3, 0.4) is 0 Å². The van der Waals surface area contributed by atoms with E-state index < -0.39 is 17.6 Å². The minimum absolute atomic E-state index is 0.350. The number of hydrazone groups is 1. The van der Waals surface area contributed by atoms with Crippen LogP contribution in [-0.2, 0) is 9.59 Å². The second kappa shape index (κ2) is 8.84. The fourth-order valence-electron chi connectivity index (χ4n) is 1.72. The fraction of sp³-hybridized carbons (Fsp3) is 0.400. The van der Waals surface area contributed by atoms with Crippen LogP contribution in [0.4, 0.5) is 10.1 Å². The van der Waals surface area contributed by atoms with Gasteiger partial charge in [-0.3, -0.25) is 9.59 Å². The largest absolute Gasteiger partial charge is 0.329 e. The van der Waals surface area contributed by atoms with Crippen LogP contribution >= 0.6 is 0 Å². The Morgan fingerprint density at radius 1 is 1.05 bits per heavy atom. The molecule has 0 radical (unpaired) electrons. The predicted octanol–water partition coefficient (Wildman–Crippen LogP) is 2.84. The standard InChI is InChI=1S/C15H20FN3O2/c1-3-5-13(6-4-2)18-19-15(21)14(20)17-12-9-7-11(16)8-10-12/h7-10H,3-6H2,1-2H3,(H,17,20)(H,19,21). The summed E-state index contributed by atoms with van der Waals surface area (Å²) < 4.78 is 12.7. The third-order valence-electron chi connectivity index (χ3n) is 2.70. The van der Waals surface area contributed by atoms with E-state index in [0.717, 1.165) is 31.4 Å². The first-order chi connectivity index (χ1) is 10.1. The number of hydrogen-bond donors (Lipinski definition) is 2. The zero-order valence-corrected chi connectivity index (χ0v) is 12.3. The number of benzene rings is 1. The van der Waals surface area contributed by atoms with Gasteiger partial charge in [-0.25, -0.2) is 9.82 Å². The van der Waals surface area contributed by atoms with E-state index in [0.29, 0.717) is 5.69 Å². The third kappa shape index (κ3) is 6.16. The number of hydrogen-bond acceptors (Lipinski definition) is 3. The maximum absolute atomic E-state index is 12.7. The zero-order chi connectivity index (χ0) is 15.7. The summed E-state index contributed by atoms with van der Waals surface area (Å²) in [4.78, 5) is 23.3. The van der Waals surface area contributed by atoms with E-state index in [4.69, 9.17) is 0 Å². The summed E-state index contributed by atoms with van der Waals surface area (Å²) in [5.74, 6) is -2.09. The van der Waals surface area contributed by atoms with Crippen LogP contribution in [-0.4, -0.2) is 17.5 Å². The summed E-state index contributed by atoms with van der Waals surface area (Å²) in [7, 11) is 0. The molecule has 21 heavy (non-hydrogen) atoms. The van der Waals surface area contributed by atoms with Crippen LogP contribution in [0.25, 0.3) is 0 Å². The minimum atomic E-state index is -0.843. The highest BCUT2D eigenvalue weighted by Crippen LogP contribution is 2.07. The molecule has 0 heterocycles. The summed E-state index contributed by atoms with van der Waals surface area (Å²) in [6, 6.07) is 5.16. The predicted molar refractivity (Wildman–Crippen MR) is 80.4 cm³/mol. The molecule has 0 atom stereocenters. The molecule has 0 aromatic heterocycles. The van der Waals surface area contributed by atoms with Gasteiger partial charge >= 0.3 is 11.8 Å². The highest BCUT2D eigenvalue weighted by Gasteiger charge is 2.13. The molecule has 1 rings (SSSR count). The Balaban J connectivity index is 2.55. The zero-order valence-electron chi connectivity index (χ0n) is 12.3. The Hall–Kier alpha value is -2.24. The highest BCUT2D eigenvalue weighted by atomic mass is 19.1. The van der Waals surface area contributed by atoms with Crippen LogP contribution in [0, 0.1) is 5.82 Å². The molecular weight excluding hydrogens is 273 g/mol. The van der Waals surface area contributed by atoms with E-state index >= 15 is 0 Å². The van der Waals surface area contributed by atoms with Gasteiger partial charge < -0.3 is 5.32 Å². The molecular formula is C15H20FN3O2. The maximum atomic E-state index is 12.7. The van der Waals surface area contributed by atoms with Crippen molar-refractivity contribution in [3.05, 3.63) is 30.1 Å². The lowest BCUT2D eigenvalue weighted by atomic mass is 10.1. The Bertz CT molecular complexity index is 504. The molecule has 114 valence electrons. The summed E-state index contributed by atoms with van der Waals surface area (Å²) >= 11 is 0. The smallest absolute Gasteiger partial charge is 0.318 e. The van der Waals surface area contributed by atoms with Crippen molar-refractivity contribution < 1.29 is 14.0 Å². The van der Waals surface area contributed by atoms with Crippen molar-refractivity contribution in [1.82, 2.24) is 5.43 Å². The van der Waals surface area contributed by atoms with Gasteiger partial charge in [0, 0.05) is 11.4 Å². The van der Waals surface area contributed by atoms with Crippen molar-refractivity contribution in [2.24, 2.45) is 5.10 Å². The van der Waals surface area contributed by atoms with E-state index in [-0.39, 0.29) is 0 Å². The van der Waals surface area contributed by atoms with Crippen molar-refractivity contribution in [2.75, 3.05) is 5.32 Å². The van der Waals surface area contributed by atoms with Crippen LogP contribution in [0.15, 0.2) is 29.4 Å². The second-order valence-corrected chi connectivity index (χ2v) is 4.58. The second-order valence-electron chi connectivity index (χ2n) is 4.58. The average Bonchev–Trinajstić information content (AvgIpc) is 2.47. The molecule has 0 spiro atoms. The Labute approximate surface area is 123 Å². The number of nitrogens with zero attached hydrogens (tertiary/aromatic N) is 1. The Morgan fingerprint density at radius 3 is 2.14 bits per heavy atom. The number of carbonyl (C=O) groups is 2. The van der Waals surface area contributed by atoms with Crippen molar-refractivity contribution in [3.8, 4) is 0 Å². The van der Waals surface area contributed by atoms with Gasteiger partial charge in [-0.2, -0.15) is 5.10 Å². The van der Waals surface area contributed by atoms with Crippen molar-refractivity contribution >= 4 is 23.2 Å². The van der Waals surface area contributed by atoms with E-state index in [2.05, 4.69) is 15.8 Å². The number of halogens is 1. The normalized spacial score (nSPS) is 9.86. The number of rotatable bonds is 6. The lowest BCUT2D eigenvalue weighted by Crippen LogP contribution is -2.33. The van der Waals surface area contributed by atoms with Gasteiger partial charge in [0.1, 0.15) is 5.82 Å². The number of anilines is 1. The molecule has 1 aromatic carbocycles. The highest BCUT2D eigenvalue weighted by molar-refractivity contribution is 6.39. The summed E-state index contributed by atoms with van der Waals surface area (Å²) in [6.45, 7) is 4.04. The third-order valence-corrected chi connectivity index (χ3v) is 2.70. The molecule has 0 aliphatic carbocycles. The first-order valence-corrected chi connectivity index (χ1v) is 6.99. The lowest BCUT2D eigenvalue weighted by Gasteiger charge is -2.06. The summed E-state index contributed by atoms with van der Waals surface area (Å²) in [5.41, 5.74) is 3.46. The van der Waals surface area contributed by atoms with E-state index in [1.54, 1.807) is 0 Å². The molecule has 5 nitrogen and oxygen atoms in total. The SMILES string of the molecule is CCCC(CCC)=NNC(=O)C(=O)Nc1ccc(F)cc1. The monoisotopic (exact) mass is 293 g/mol. The molecule has 0 aliphatic heterocycles. The lowest BCUT2D eigenvalue weighted by molar-refractivity contribution is -0.136. The van der Waals surface area contributed by atoms with Gasteiger partial charge in [0.2, 0.25) is 0 Å². The van der Waals surface area contributed by atoms with Crippen LogP contribution in [0.5, 0.6) is 0 Å². The molecule has 0 bridgehead atoms. The van der Waals surface area contributed by atoms with Crippen molar-refractivity contribution in [1.29, 1.82) is 0 Å². The Morgan fingerprint density at radius 2 is 1.62 bits per heavy atom. The molecule has 0 saturated heterocycles. The van der Waals surface area contributed by atoms with Crippen molar-refractivity contribution in [3.63, 3.8) is 0 Å². The number of carbonyl (C=O) groups excluding carboxylic acids is 2. The van der Waals surface area contributed by atoms with Crippen LogP contribution in [0.1, 0.15) is 39.5 Å². The summed E-state index contributed by atoms with van der Waals surface area (Å²) in [6.07, 6.45) is 3.42. The first kappa shape index (κ1) is 16.8. The molecule has 6 heteroatoms. The van der Waals surface area contributed by atoms with Gasteiger partial charge in [-0.1, -0.05) is 26.7 Å². The van der Waals surface area contributed by atoms with Gasteiger partial charge in [0.15, 0.2) is 0 Å². The molecule has 0 saturated carbocycles. The molecule has 2 amide bonds. The fourth-order valence-corrected chi connectivity index (χ4v) is 1.72. The van der Waals surface area contributed by atoms with Gasteiger partial charge in [0.05, 0.1) is 0 Å². The van der Waals surface area contributed by atoms with Gasteiger partial charge in [0.25, 0.3) is 0 Å². The topological polar surface area (TPSA) is 70.6 Å². The average molecular weight is 293 g/mol. The Kier molecular flexibility index (Phi) is 7.08. The van der Waals surface area contributed by atoms with Gasteiger partial charge in [-0.05, 0) is 37.1 Å². The maximum Gasteiger partial charge on any atom is 0.329 e. The van der Waals surface area contributed by atoms with E-state index in [1.807, 2.05) is 13.8 Å². The molecule has 0 aliphatic rings. The molecule has 2 N–H and O–H groups in total.